The molecule has 1 aromatic carbocycles. The van der Waals surface area contributed by atoms with Crippen LogP contribution in [0.5, 0.6) is 11.5 Å². The highest BCUT2D eigenvalue weighted by molar-refractivity contribution is 6.12. The predicted octanol–water partition coefficient (Wildman–Crippen LogP) is 0.445. The number of ketones is 1. The number of benzene rings is 1. The molecule has 0 saturated heterocycles. The fraction of sp³-hybridized carbons (Fsp3) is 0.235. The van der Waals surface area contributed by atoms with Crippen molar-refractivity contribution < 1.29 is 38.4 Å². The van der Waals surface area contributed by atoms with Gasteiger partial charge in [0.1, 0.15) is 17.1 Å². The summed E-state index contributed by atoms with van der Waals surface area (Å²) in [6.07, 6.45) is 0.954. The van der Waals surface area contributed by atoms with E-state index in [1.807, 2.05) is 0 Å². The number of hydrogen-bond donors (Lipinski definition) is 2. The van der Waals surface area contributed by atoms with Crippen molar-refractivity contribution in [2.45, 2.75) is 12.7 Å². The zero-order valence-corrected chi connectivity index (χ0v) is 14.1. The highest BCUT2D eigenvalue weighted by atomic mass is 16.7. The van der Waals surface area contributed by atoms with Gasteiger partial charge in [-0.15, -0.1) is 0 Å². The molecular formula is C17H15NO8. The standard InChI is InChI=1S/C17H15NO8/c1-7-4-8(19)12-10(5-7)25-17(26-15(12)21)11(23-2)6-9(20)14(18)13(17)16(22)24-3/h4-6,19H,18H2,1-3H3. The summed E-state index contributed by atoms with van der Waals surface area (Å²) in [4.78, 5) is 36.9. The molecule has 9 nitrogen and oxygen atoms in total. The Morgan fingerprint density at radius 3 is 2.54 bits per heavy atom. The van der Waals surface area contributed by atoms with Crippen molar-refractivity contribution in [3.8, 4) is 11.5 Å². The molecule has 1 aliphatic heterocycles. The van der Waals surface area contributed by atoms with Crippen LogP contribution in [-0.4, -0.2) is 42.8 Å². The Hall–Kier alpha value is -3.49. The maximum absolute atomic E-state index is 12.6. The quantitative estimate of drug-likeness (QED) is 0.720. The number of carbonyl (C=O) groups excluding carboxylic acids is 3. The van der Waals surface area contributed by atoms with E-state index in [0.29, 0.717) is 5.56 Å². The summed E-state index contributed by atoms with van der Waals surface area (Å²) >= 11 is 0. The first-order chi connectivity index (χ1) is 12.2. The minimum atomic E-state index is -2.25. The van der Waals surface area contributed by atoms with Crippen LogP contribution in [0.25, 0.3) is 0 Å². The van der Waals surface area contributed by atoms with E-state index < -0.39 is 34.8 Å². The van der Waals surface area contributed by atoms with E-state index in [0.717, 1.165) is 13.2 Å². The number of nitrogens with two attached hydrogens (primary N) is 1. The Morgan fingerprint density at radius 2 is 1.92 bits per heavy atom. The van der Waals surface area contributed by atoms with Crippen molar-refractivity contribution in [1.29, 1.82) is 0 Å². The smallest absolute Gasteiger partial charge is 0.350 e. The molecule has 0 radical (unpaired) electrons. The normalized spacial score (nSPS) is 21.6. The molecule has 1 unspecified atom stereocenters. The summed E-state index contributed by atoms with van der Waals surface area (Å²) in [5.41, 5.74) is 5.08. The first-order valence-corrected chi connectivity index (χ1v) is 7.40. The molecule has 1 atom stereocenters. The molecule has 3 rings (SSSR count). The summed E-state index contributed by atoms with van der Waals surface area (Å²) in [7, 11) is 2.28. The van der Waals surface area contributed by atoms with Crippen molar-refractivity contribution in [2.24, 2.45) is 5.73 Å². The van der Waals surface area contributed by atoms with Crippen LogP contribution >= 0.6 is 0 Å². The molecule has 1 aliphatic carbocycles. The Kier molecular flexibility index (Phi) is 3.87. The van der Waals surface area contributed by atoms with Gasteiger partial charge >= 0.3 is 17.7 Å². The number of aromatic hydroxyl groups is 1. The lowest BCUT2D eigenvalue weighted by molar-refractivity contribution is -0.155. The lowest BCUT2D eigenvalue weighted by Crippen LogP contribution is -2.54. The molecule has 1 heterocycles. The molecule has 1 spiro atoms. The van der Waals surface area contributed by atoms with Gasteiger partial charge in [0.25, 0.3) is 0 Å². The molecule has 0 aromatic heterocycles. The minimum Gasteiger partial charge on any atom is -0.507 e. The van der Waals surface area contributed by atoms with Crippen LogP contribution in [0.15, 0.2) is 35.2 Å². The summed E-state index contributed by atoms with van der Waals surface area (Å²) < 4.78 is 20.9. The van der Waals surface area contributed by atoms with Crippen molar-refractivity contribution in [3.05, 3.63) is 46.4 Å². The average molecular weight is 361 g/mol. The van der Waals surface area contributed by atoms with Gasteiger partial charge in [-0.3, -0.25) is 4.79 Å². The Labute approximate surface area is 147 Å². The second-order valence-corrected chi connectivity index (χ2v) is 5.62. The van der Waals surface area contributed by atoms with E-state index in [4.69, 9.17) is 19.9 Å². The van der Waals surface area contributed by atoms with Gasteiger partial charge in [0.2, 0.25) is 5.78 Å². The first kappa shape index (κ1) is 17.3. The van der Waals surface area contributed by atoms with Gasteiger partial charge in [-0.25, -0.2) is 9.59 Å². The summed E-state index contributed by atoms with van der Waals surface area (Å²) in [5.74, 6) is -5.69. The van der Waals surface area contributed by atoms with Crippen LogP contribution in [0.3, 0.4) is 0 Å². The van der Waals surface area contributed by atoms with Crippen molar-refractivity contribution >= 4 is 17.7 Å². The number of methoxy groups -OCH3 is 2. The topological polar surface area (TPSA) is 134 Å². The maximum Gasteiger partial charge on any atom is 0.350 e. The van der Waals surface area contributed by atoms with E-state index in [1.165, 1.54) is 19.2 Å². The third-order valence-electron chi connectivity index (χ3n) is 3.98. The molecule has 26 heavy (non-hydrogen) atoms. The van der Waals surface area contributed by atoms with Crippen LogP contribution in [0.1, 0.15) is 15.9 Å². The van der Waals surface area contributed by atoms with Crippen LogP contribution in [0.2, 0.25) is 0 Å². The van der Waals surface area contributed by atoms with Crippen LogP contribution < -0.4 is 10.5 Å². The summed E-state index contributed by atoms with van der Waals surface area (Å²) in [5, 5.41) is 10.0. The second-order valence-electron chi connectivity index (χ2n) is 5.62. The van der Waals surface area contributed by atoms with Gasteiger partial charge in [-0.05, 0) is 24.6 Å². The lowest BCUT2D eigenvalue weighted by Gasteiger charge is -2.40. The third kappa shape index (κ3) is 2.28. The summed E-state index contributed by atoms with van der Waals surface area (Å²) in [6, 6.07) is 2.82. The maximum atomic E-state index is 12.6. The predicted molar refractivity (Wildman–Crippen MR) is 84.9 cm³/mol. The van der Waals surface area contributed by atoms with Crippen LogP contribution in [0.4, 0.5) is 0 Å². The number of phenols is 1. The zero-order chi connectivity index (χ0) is 19.2. The van der Waals surface area contributed by atoms with Crippen molar-refractivity contribution in [1.82, 2.24) is 0 Å². The molecule has 0 bridgehead atoms. The number of aryl methyl sites for hydroxylation is 1. The fourth-order valence-corrected chi connectivity index (χ4v) is 2.84. The molecule has 0 fully saturated rings. The van der Waals surface area contributed by atoms with Gasteiger partial charge in [0.15, 0.2) is 11.3 Å². The number of allylic oxidation sites excluding steroid dienone is 1. The molecule has 1 aromatic rings. The van der Waals surface area contributed by atoms with Crippen molar-refractivity contribution in [2.75, 3.05) is 14.2 Å². The van der Waals surface area contributed by atoms with E-state index in [-0.39, 0.29) is 22.8 Å². The highest BCUT2D eigenvalue weighted by Crippen LogP contribution is 2.45. The Balaban J connectivity index is 2.29. The monoisotopic (exact) mass is 361 g/mol. The zero-order valence-electron chi connectivity index (χ0n) is 14.1. The molecule has 0 amide bonds. The number of hydrogen-bond acceptors (Lipinski definition) is 9. The first-order valence-electron chi connectivity index (χ1n) is 7.40. The average Bonchev–Trinajstić information content (AvgIpc) is 2.57. The molecule has 3 N–H and O–H groups in total. The number of ether oxygens (including phenoxy) is 4. The number of phenolic OH excluding ortho intramolecular Hbond substituents is 1. The molecular weight excluding hydrogens is 346 g/mol. The van der Waals surface area contributed by atoms with Crippen LogP contribution in [-0.2, 0) is 23.8 Å². The van der Waals surface area contributed by atoms with E-state index >= 15 is 0 Å². The molecule has 2 aliphatic rings. The van der Waals surface area contributed by atoms with Gasteiger partial charge in [-0.2, -0.15) is 0 Å². The largest absolute Gasteiger partial charge is 0.507 e. The van der Waals surface area contributed by atoms with E-state index in [9.17, 15) is 19.5 Å². The number of carbonyl (C=O) groups is 3. The Bertz CT molecular complexity index is 914. The van der Waals surface area contributed by atoms with Gasteiger partial charge in [0.05, 0.1) is 19.9 Å². The fourth-order valence-electron chi connectivity index (χ4n) is 2.84. The molecule has 9 heteroatoms. The number of esters is 2. The number of fused-ring (bicyclic) bond motifs is 1. The SMILES string of the molecule is COC(=O)C1=C(N)C(=O)C=C(OC)C12OC(=O)c1c(O)cc(C)cc1O2. The molecule has 136 valence electrons. The van der Waals surface area contributed by atoms with E-state index in [2.05, 4.69) is 4.74 Å². The lowest BCUT2D eigenvalue weighted by atomic mass is 9.92. The molecule has 0 saturated carbocycles. The summed E-state index contributed by atoms with van der Waals surface area (Å²) in [6.45, 7) is 1.67. The van der Waals surface area contributed by atoms with Crippen LogP contribution in [0, 0.1) is 6.92 Å². The Morgan fingerprint density at radius 1 is 1.23 bits per heavy atom. The van der Waals surface area contributed by atoms with E-state index in [1.54, 1.807) is 6.92 Å². The minimum absolute atomic E-state index is 0.0646. The van der Waals surface area contributed by atoms with Gasteiger partial charge in [0, 0.05) is 6.08 Å². The van der Waals surface area contributed by atoms with Crippen molar-refractivity contribution in [3.63, 3.8) is 0 Å². The second kappa shape index (κ2) is 5.80. The number of rotatable bonds is 2. The highest BCUT2D eigenvalue weighted by Gasteiger charge is 2.58. The van der Waals surface area contributed by atoms with Gasteiger partial charge < -0.3 is 29.8 Å². The third-order valence-corrected chi connectivity index (χ3v) is 3.98. The van der Waals surface area contributed by atoms with Gasteiger partial charge in [-0.1, -0.05) is 0 Å².